The Labute approximate surface area is 183 Å². The van der Waals surface area contributed by atoms with Gasteiger partial charge >= 0.3 is 11.9 Å². The lowest BCUT2D eigenvalue weighted by molar-refractivity contribution is -0.480. The second-order valence-corrected chi connectivity index (χ2v) is 10.1. The highest BCUT2D eigenvalue weighted by atomic mass is 32.2. The number of thioether (sulfide) groups is 1. The molecule has 0 aromatic heterocycles. The van der Waals surface area contributed by atoms with Gasteiger partial charge in [0.25, 0.3) is 5.37 Å². The summed E-state index contributed by atoms with van der Waals surface area (Å²) in [5, 5.41) is 12.9. The van der Waals surface area contributed by atoms with E-state index in [-0.39, 0.29) is 24.3 Å². The van der Waals surface area contributed by atoms with E-state index in [9.17, 15) is 28.1 Å². The molecule has 170 valence electrons. The van der Waals surface area contributed by atoms with Crippen LogP contribution in [0.25, 0.3) is 0 Å². The molecule has 0 radical (unpaired) electrons. The van der Waals surface area contributed by atoms with E-state index in [2.05, 4.69) is 5.10 Å². The molecule has 0 bridgehead atoms. The normalized spacial score (nSPS) is 17.4. The topological polar surface area (TPSA) is 188 Å². The molecule has 12 nitrogen and oxygen atoms in total. The number of carbonyl (C=O) groups is 2. The zero-order valence-electron chi connectivity index (χ0n) is 16.6. The lowest BCUT2D eigenvalue weighted by Crippen LogP contribution is -2.50. The average molecular weight is 474 g/mol. The van der Waals surface area contributed by atoms with E-state index in [1.54, 1.807) is 6.07 Å². The van der Waals surface area contributed by atoms with Crippen molar-refractivity contribution in [2.45, 2.75) is 47.5 Å². The molecule has 1 aliphatic rings. The van der Waals surface area contributed by atoms with Crippen molar-refractivity contribution in [3.05, 3.63) is 40.4 Å². The minimum atomic E-state index is -4.37. The van der Waals surface area contributed by atoms with Gasteiger partial charge in [-0.3, -0.25) is 19.9 Å². The number of carbonyl (C=O) groups excluding carboxylic acids is 2. The highest BCUT2D eigenvalue weighted by Gasteiger charge is 2.45. The molecule has 2 unspecified atom stereocenters. The van der Waals surface area contributed by atoms with Gasteiger partial charge in [-0.05, 0) is 25.5 Å². The van der Waals surface area contributed by atoms with Gasteiger partial charge in [0.05, 0.1) is 22.5 Å². The summed E-state index contributed by atoms with van der Waals surface area (Å²) in [5.41, 5.74) is 11.0. The molecule has 1 heterocycles. The standard InChI is InChI=1S/C17H23N5O7S2/c1-17(18,19)10-14(23)29-16(24)15(31(27,28)12-6-3-2-4-7-12)22-13(30-11-20-22)8-5-9-21(25)26/h2-4,6-7,11,13,15H,5,8-10,18-19H2,1H3. The number of benzene rings is 1. The first-order valence-electron chi connectivity index (χ1n) is 9.11. The van der Waals surface area contributed by atoms with Crippen molar-refractivity contribution in [3.63, 3.8) is 0 Å². The number of hydrogen-bond donors (Lipinski definition) is 2. The summed E-state index contributed by atoms with van der Waals surface area (Å²) >= 11 is 1.10. The molecule has 0 saturated carbocycles. The molecule has 31 heavy (non-hydrogen) atoms. The highest BCUT2D eigenvalue weighted by Crippen LogP contribution is 2.32. The zero-order valence-corrected chi connectivity index (χ0v) is 18.3. The van der Waals surface area contributed by atoms with Gasteiger partial charge in [-0.25, -0.2) is 13.2 Å². The third-order valence-electron chi connectivity index (χ3n) is 4.03. The molecule has 14 heteroatoms. The van der Waals surface area contributed by atoms with Crippen molar-refractivity contribution in [3.8, 4) is 0 Å². The first-order chi connectivity index (χ1) is 14.4. The molecule has 0 amide bonds. The predicted octanol–water partition coefficient (Wildman–Crippen LogP) is 0.255. The van der Waals surface area contributed by atoms with E-state index in [0.717, 1.165) is 16.8 Å². The highest BCUT2D eigenvalue weighted by molar-refractivity contribution is 8.12. The van der Waals surface area contributed by atoms with Gasteiger partial charge < -0.3 is 16.2 Å². The molecule has 1 aliphatic heterocycles. The Morgan fingerprint density at radius 2 is 2.00 bits per heavy atom. The molecule has 4 N–H and O–H groups in total. The van der Waals surface area contributed by atoms with E-state index in [1.807, 2.05) is 0 Å². The fourth-order valence-electron chi connectivity index (χ4n) is 2.72. The molecule has 0 saturated heterocycles. The van der Waals surface area contributed by atoms with Crippen LogP contribution in [0.5, 0.6) is 0 Å². The van der Waals surface area contributed by atoms with Crippen molar-refractivity contribution >= 4 is 39.1 Å². The Kier molecular flexibility index (Phi) is 8.11. The molecular formula is C17H23N5O7S2. The van der Waals surface area contributed by atoms with Crippen LogP contribution < -0.4 is 11.5 Å². The number of nitrogens with zero attached hydrogens (tertiary/aromatic N) is 3. The van der Waals surface area contributed by atoms with Crippen LogP contribution in [-0.2, 0) is 24.2 Å². The van der Waals surface area contributed by atoms with Crippen LogP contribution >= 0.6 is 11.8 Å². The average Bonchev–Trinajstić information content (AvgIpc) is 3.08. The van der Waals surface area contributed by atoms with Gasteiger partial charge in [-0.2, -0.15) is 5.10 Å². The molecule has 2 rings (SSSR count). The van der Waals surface area contributed by atoms with Crippen LogP contribution in [0.4, 0.5) is 0 Å². The van der Waals surface area contributed by atoms with Crippen LogP contribution in [0, 0.1) is 10.1 Å². The molecule has 0 aliphatic carbocycles. The van der Waals surface area contributed by atoms with Crippen LogP contribution in [0.3, 0.4) is 0 Å². The van der Waals surface area contributed by atoms with Crippen molar-refractivity contribution in [2.75, 3.05) is 6.54 Å². The van der Waals surface area contributed by atoms with E-state index in [1.165, 1.54) is 36.7 Å². The van der Waals surface area contributed by atoms with Gasteiger partial charge in [-0.1, -0.05) is 30.0 Å². The first kappa shape index (κ1) is 24.7. The van der Waals surface area contributed by atoms with E-state index >= 15 is 0 Å². The van der Waals surface area contributed by atoms with Gasteiger partial charge in [0.2, 0.25) is 16.4 Å². The van der Waals surface area contributed by atoms with Crippen molar-refractivity contribution in [1.82, 2.24) is 5.01 Å². The second-order valence-electron chi connectivity index (χ2n) is 7.08. The quantitative estimate of drug-likeness (QED) is 0.156. The molecular weight excluding hydrogens is 450 g/mol. The Morgan fingerprint density at radius 1 is 1.35 bits per heavy atom. The number of ether oxygens (including phenoxy) is 1. The molecule has 0 fully saturated rings. The fraction of sp³-hybridized carbons (Fsp3) is 0.471. The summed E-state index contributed by atoms with van der Waals surface area (Å²) in [5.74, 6) is -2.46. The van der Waals surface area contributed by atoms with Crippen LogP contribution in [0.15, 0.2) is 40.3 Å². The van der Waals surface area contributed by atoms with Crippen LogP contribution in [0.2, 0.25) is 0 Å². The van der Waals surface area contributed by atoms with Gasteiger partial charge in [0, 0.05) is 11.3 Å². The van der Waals surface area contributed by atoms with Crippen molar-refractivity contribution in [2.24, 2.45) is 16.6 Å². The Bertz CT molecular complexity index is 947. The van der Waals surface area contributed by atoms with Gasteiger partial charge in [0.15, 0.2) is 0 Å². The number of hydrogen-bond acceptors (Lipinski definition) is 12. The number of rotatable bonds is 10. The maximum absolute atomic E-state index is 13.3. The van der Waals surface area contributed by atoms with Crippen LogP contribution in [-0.4, -0.2) is 58.8 Å². The number of nitro groups is 1. The summed E-state index contributed by atoms with van der Waals surface area (Å²) in [4.78, 5) is 34.8. The Hall–Kier alpha value is -2.55. The van der Waals surface area contributed by atoms with Crippen molar-refractivity contribution < 1.29 is 27.7 Å². The largest absolute Gasteiger partial charge is 0.391 e. The lowest BCUT2D eigenvalue weighted by atomic mass is 10.1. The maximum atomic E-state index is 13.3. The second kappa shape index (κ2) is 10.2. The maximum Gasteiger partial charge on any atom is 0.354 e. The van der Waals surface area contributed by atoms with E-state index in [0.29, 0.717) is 0 Å². The first-order valence-corrected chi connectivity index (χ1v) is 11.6. The lowest BCUT2D eigenvalue weighted by Gasteiger charge is -2.29. The smallest absolute Gasteiger partial charge is 0.354 e. The van der Waals surface area contributed by atoms with Crippen molar-refractivity contribution in [1.29, 1.82) is 0 Å². The number of hydrazone groups is 1. The predicted molar refractivity (Wildman–Crippen MR) is 113 cm³/mol. The third kappa shape index (κ3) is 6.99. The summed E-state index contributed by atoms with van der Waals surface area (Å²) in [6.07, 6.45) is -0.214. The number of sulfone groups is 1. The van der Waals surface area contributed by atoms with Gasteiger partial charge in [-0.15, -0.1) is 0 Å². The third-order valence-corrected chi connectivity index (χ3v) is 6.94. The molecule has 2 atom stereocenters. The summed E-state index contributed by atoms with van der Waals surface area (Å²) in [7, 11) is -4.37. The summed E-state index contributed by atoms with van der Waals surface area (Å²) < 4.78 is 31.3. The Balaban J connectivity index is 2.34. The number of nitrogens with two attached hydrogens (primary N) is 2. The molecule has 1 aromatic rings. The SMILES string of the molecule is CC(N)(N)CC(=O)OC(=O)C(N1N=CSC1CCC[N+](=O)[O-])S(=O)(=O)c1ccccc1. The zero-order chi connectivity index (χ0) is 23.2. The van der Waals surface area contributed by atoms with E-state index in [4.69, 9.17) is 16.2 Å². The Morgan fingerprint density at radius 3 is 2.58 bits per heavy atom. The number of esters is 2. The summed E-state index contributed by atoms with van der Waals surface area (Å²) in [6, 6.07) is 7.14. The van der Waals surface area contributed by atoms with E-state index < -0.39 is 49.5 Å². The van der Waals surface area contributed by atoms with Gasteiger partial charge in [0.1, 0.15) is 5.37 Å². The minimum Gasteiger partial charge on any atom is -0.391 e. The minimum absolute atomic E-state index is 0.134. The summed E-state index contributed by atoms with van der Waals surface area (Å²) in [6.45, 7) is 1.01. The fourth-order valence-corrected chi connectivity index (χ4v) is 5.29. The molecule has 1 aromatic carbocycles. The monoisotopic (exact) mass is 473 g/mol. The molecule has 0 spiro atoms. The van der Waals surface area contributed by atoms with Crippen LogP contribution in [0.1, 0.15) is 26.2 Å².